The molecule has 0 bridgehead atoms. The molecule has 2 rings (SSSR count). The van der Waals surface area contributed by atoms with Gasteiger partial charge >= 0.3 is 11.9 Å². The van der Waals surface area contributed by atoms with Crippen LogP contribution >= 0.6 is 0 Å². The Bertz CT molecular complexity index is 605. The zero-order valence-electron chi connectivity index (χ0n) is 14.1. The Balaban J connectivity index is 2.06. The standard InChI is InChI=1S/C18H23NO5/c1-13(16(20)19-11-7-3-4-8-12-19)24-18(22)15-10-6-5-9-14(15)17(21)23-2/h5-6,9-10,13H,3-4,7-8,11-12H2,1-2H3. The molecule has 0 spiro atoms. The summed E-state index contributed by atoms with van der Waals surface area (Å²) in [6.45, 7) is 2.95. The van der Waals surface area contributed by atoms with Crippen LogP contribution in [0.1, 0.15) is 53.3 Å². The van der Waals surface area contributed by atoms with Crippen LogP contribution in [0.2, 0.25) is 0 Å². The molecular weight excluding hydrogens is 310 g/mol. The minimum Gasteiger partial charge on any atom is -0.465 e. The Labute approximate surface area is 141 Å². The summed E-state index contributed by atoms with van der Waals surface area (Å²) in [6.07, 6.45) is 3.28. The second-order valence-corrected chi connectivity index (χ2v) is 5.82. The topological polar surface area (TPSA) is 72.9 Å². The fraction of sp³-hybridized carbons (Fsp3) is 0.500. The zero-order valence-corrected chi connectivity index (χ0v) is 14.1. The van der Waals surface area contributed by atoms with Crippen molar-refractivity contribution in [2.75, 3.05) is 20.2 Å². The van der Waals surface area contributed by atoms with Crippen molar-refractivity contribution < 1.29 is 23.9 Å². The third-order valence-electron chi connectivity index (χ3n) is 4.10. The molecule has 1 aromatic rings. The molecule has 0 aromatic heterocycles. The highest BCUT2D eigenvalue weighted by Gasteiger charge is 2.26. The van der Waals surface area contributed by atoms with Gasteiger partial charge in [-0.15, -0.1) is 0 Å². The van der Waals surface area contributed by atoms with Gasteiger partial charge < -0.3 is 14.4 Å². The Morgan fingerprint density at radius 3 is 2.04 bits per heavy atom. The van der Waals surface area contributed by atoms with Crippen molar-refractivity contribution >= 4 is 17.8 Å². The van der Waals surface area contributed by atoms with Crippen molar-refractivity contribution in [2.24, 2.45) is 0 Å². The molecule has 1 aromatic carbocycles. The number of esters is 2. The number of rotatable bonds is 4. The number of ether oxygens (including phenoxy) is 2. The van der Waals surface area contributed by atoms with Crippen molar-refractivity contribution in [1.82, 2.24) is 4.90 Å². The molecule has 1 heterocycles. The van der Waals surface area contributed by atoms with Gasteiger partial charge in [-0.1, -0.05) is 25.0 Å². The van der Waals surface area contributed by atoms with E-state index < -0.39 is 18.0 Å². The number of nitrogens with zero attached hydrogens (tertiary/aromatic N) is 1. The third kappa shape index (κ3) is 4.34. The van der Waals surface area contributed by atoms with E-state index in [0.29, 0.717) is 13.1 Å². The number of likely N-dealkylation sites (tertiary alicyclic amines) is 1. The van der Waals surface area contributed by atoms with Gasteiger partial charge in [0.05, 0.1) is 18.2 Å². The van der Waals surface area contributed by atoms with E-state index in [2.05, 4.69) is 4.74 Å². The number of amides is 1. The van der Waals surface area contributed by atoms with Gasteiger partial charge in [-0.25, -0.2) is 9.59 Å². The van der Waals surface area contributed by atoms with E-state index in [0.717, 1.165) is 25.7 Å². The second-order valence-electron chi connectivity index (χ2n) is 5.82. The maximum atomic E-state index is 12.4. The lowest BCUT2D eigenvalue weighted by molar-refractivity contribution is -0.139. The minimum absolute atomic E-state index is 0.0971. The number of carbonyl (C=O) groups is 3. The van der Waals surface area contributed by atoms with Crippen LogP contribution in [0, 0.1) is 0 Å². The Kier molecular flexibility index (Phi) is 6.35. The summed E-state index contributed by atoms with van der Waals surface area (Å²) in [6, 6.07) is 6.24. The van der Waals surface area contributed by atoms with Crippen LogP contribution in [0.3, 0.4) is 0 Å². The summed E-state index contributed by atoms with van der Waals surface area (Å²) >= 11 is 0. The number of hydrogen-bond acceptors (Lipinski definition) is 5. The van der Waals surface area contributed by atoms with Gasteiger partial charge in [0.25, 0.3) is 5.91 Å². The highest BCUT2D eigenvalue weighted by Crippen LogP contribution is 2.15. The van der Waals surface area contributed by atoms with Crippen molar-refractivity contribution in [3.63, 3.8) is 0 Å². The number of benzene rings is 1. The first-order valence-electron chi connectivity index (χ1n) is 8.21. The van der Waals surface area contributed by atoms with E-state index in [1.54, 1.807) is 24.0 Å². The lowest BCUT2D eigenvalue weighted by Gasteiger charge is -2.24. The highest BCUT2D eigenvalue weighted by atomic mass is 16.5. The minimum atomic E-state index is -0.888. The Morgan fingerprint density at radius 2 is 1.50 bits per heavy atom. The molecule has 1 fully saturated rings. The second kappa shape index (κ2) is 8.47. The first-order chi connectivity index (χ1) is 11.5. The molecule has 6 nitrogen and oxygen atoms in total. The molecule has 1 aliphatic rings. The van der Waals surface area contributed by atoms with Crippen molar-refractivity contribution in [2.45, 2.75) is 38.7 Å². The molecule has 0 saturated carbocycles. The molecular formula is C18H23NO5. The Morgan fingerprint density at radius 1 is 0.958 bits per heavy atom. The first kappa shape index (κ1) is 18.0. The SMILES string of the molecule is COC(=O)c1ccccc1C(=O)OC(C)C(=O)N1CCCCCC1. The smallest absolute Gasteiger partial charge is 0.339 e. The summed E-state index contributed by atoms with van der Waals surface area (Å²) in [5.41, 5.74) is 0.222. The van der Waals surface area contributed by atoms with Gasteiger partial charge in [-0.3, -0.25) is 4.79 Å². The van der Waals surface area contributed by atoms with Gasteiger partial charge in [0.15, 0.2) is 6.10 Å². The van der Waals surface area contributed by atoms with Crippen LogP contribution in [-0.4, -0.2) is 49.0 Å². The molecule has 0 N–H and O–H groups in total. The fourth-order valence-electron chi connectivity index (χ4n) is 2.77. The number of methoxy groups -OCH3 is 1. The predicted octanol–water partition coefficient (Wildman–Crippen LogP) is 2.42. The van der Waals surface area contributed by atoms with Gasteiger partial charge in [0, 0.05) is 13.1 Å². The maximum absolute atomic E-state index is 12.4. The predicted molar refractivity (Wildman–Crippen MR) is 87.7 cm³/mol. The summed E-state index contributed by atoms with van der Waals surface area (Å²) in [5, 5.41) is 0. The molecule has 1 aliphatic heterocycles. The molecule has 6 heteroatoms. The molecule has 1 amide bonds. The molecule has 24 heavy (non-hydrogen) atoms. The van der Waals surface area contributed by atoms with Gasteiger partial charge in [-0.05, 0) is 31.9 Å². The molecule has 1 unspecified atom stereocenters. The largest absolute Gasteiger partial charge is 0.465 e. The number of hydrogen-bond donors (Lipinski definition) is 0. The van der Waals surface area contributed by atoms with Crippen molar-refractivity contribution in [3.05, 3.63) is 35.4 Å². The van der Waals surface area contributed by atoms with E-state index in [9.17, 15) is 14.4 Å². The van der Waals surface area contributed by atoms with Crippen LogP contribution in [0.25, 0.3) is 0 Å². The average Bonchev–Trinajstić information content (AvgIpc) is 2.89. The summed E-state index contributed by atoms with van der Waals surface area (Å²) in [5.74, 6) is -1.51. The Hall–Kier alpha value is -2.37. The molecule has 1 saturated heterocycles. The summed E-state index contributed by atoms with van der Waals surface area (Å²) in [7, 11) is 1.25. The van der Waals surface area contributed by atoms with Crippen LogP contribution in [-0.2, 0) is 14.3 Å². The van der Waals surface area contributed by atoms with Gasteiger partial charge in [0.1, 0.15) is 0 Å². The first-order valence-corrected chi connectivity index (χ1v) is 8.21. The van der Waals surface area contributed by atoms with Crippen LogP contribution in [0.4, 0.5) is 0 Å². The molecule has 0 radical (unpaired) electrons. The summed E-state index contributed by atoms with van der Waals surface area (Å²) in [4.78, 5) is 38.3. The lowest BCUT2D eigenvalue weighted by atomic mass is 10.1. The quantitative estimate of drug-likeness (QED) is 0.791. The fourth-order valence-corrected chi connectivity index (χ4v) is 2.77. The van der Waals surface area contributed by atoms with E-state index in [1.165, 1.54) is 19.2 Å². The molecule has 130 valence electrons. The van der Waals surface area contributed by atoms with E-state index in [4.69, 9.17) is 4.74 Å². The molecule has 1 atom stereocenters. The maximum Gasteiger partial charge on any atom is 0.339 e. The summed E-state index contributed by atoms with van der Waals surface area (Å²) < 4.78 is 9.96. The average molecular weight is 333 g/mol. The normalized spacial score (nSPS) is 16.0. The van der Waals surface area contributed by atoms with Crippen molar-refractivity contribution in [3.8, 4) is 0 Å². The van der Waals surface area contributed by atoms with E-state index in [1.807, 2.05) is 0 Å². The number of carbonyl (C=O) groups excluding carboxylic acids is 3. The van der Waals surface area contributed by atoms with Crippen LogP contribution in [0.15, 0.2) is 24.3 Å². The van der Waals surface area contributed by atoms with E-state index >= 15 is 0 Å². The van der Waals surface area contributed by atoms with Crippen LogP contribution < -0.4 is 0 Å². The van der Waals surface area contributed by atoms with Gasteiger partial charge in [0.2, 0.25) is 0 Å². The lowest BCUT2D eigenvalue weighted by Crippen LogP contribution is -2.40. The van der Waals surface area contributed by atoms with E-state index in [-0.39, 0.29) is 17.0 Å². The third-order valence-corrected chi connectivity index (χ3v) is 4.10. The zero-order chi connectivity index (χ0) is 17.5. The molecule has 0 aliphatic carbocycles. The highest BCUT2D eigenvalue weighted by molar-refractivity contribution is 6.03. The monoisotopic (exact) mass is 333 g/mol. The van der Waals surface area contributed by atoms with Crippen molar-refractivity contribution in [1.29, 1.82) is 0 Å². The van der Waals surface area contributed by atoms with Gasteiger partial charge in [-0.2, -0.15) is 0 Å². The van der Waals surface area contributed by atoms with Crippen LogP contribution in [0.5, 0.6) is 0 Å².